The summed E-state index contributed by atoms with van der Waals surface area (Å²) in [5.41, 5.74) is 0.686. The molecule has 0 radical (unpaired) electrons. The van der Waals surface area contributed by atoms with Crippen LogP contribution in [0.25, 0.3) is 0 Å². The molecule has 0 aromatic heterocycles. The van der Waals surface area contributed by atoms with Gasteiger partial charge < -0.3 is 5.11 Å². The summed E-state index contributed by atoms with van der Waals surface area (Å²) in [7, 11) is 0. The van der Waals surface area contributed by atoms with Gasteiger partial charge in [0.15, 0.2) is 0 Å². The number of benzene rings is 1. The molecule has 1 aromatic carbocycles. The molecule has 0 saturated carbocycles. The summed E-state index contributed by atoms with van der Waals surface area (Å²) in [6.07, 6.45) is 2.00. The maximum atomic E-state index is 13.6. The molecule has 1 aliphatic heterocycles. The molecule has 19 heavy (non-hydrogen) atoms. The Kier molecular flexibility index (Phi) is 4.93. The zero-order chi connectivity index (χ0) is 13.8. The molecule has 1 aromatic rings. The van der Waals surface area contributed by atoms with E-state index in [9.17, 15) is 9.18 Å². The van der Waals surface area contributed by atoms with Gasteiger partial charge in [0.25, 0.3) is 0 Å². The highest BCUT2D eigenvalue weighted by molar-refractivity contribution is 9.10. The minimum absolute atomic E-state index is 0.184. The summed E-state index contributed by atoms with van der Waals surface area (Å²) in [6, 6.07) is 4.97. The minimum atomic E-state index is -0.725. The van der Waals surface area contributed by atoms with E-state index in [1.807, 2.05) is 0 Å². The van der Waals surface area contributed by atoms with E-state index in [1.54, 1.807) is 12.1 Å². The zero-order valence-electron chi connectivity index (χ0n) is 10.6. The van der Waals surface area contributed by atoms with E-state index in [0.29, 0.717) is 12.1 Å². The van der Waals surface area contributed by atoms with Gasteiger partial charge >= 0.3 is 5.97 Å². The third kappa shape index (κ3) is 4.28. The number of carboxylic acids is 1. The van der Waals surface area contributed by atoms with Crippen molar-refractivity contribution in [2.45, 2.75) is 25.8 Å². The predicted molar refractivity (Wildman–Crippen MR) is 74.4 cm³/mol. The third-order valence-electron chi connectivity index (χ3n) is 3.57. The van der Waals surface area contributed by atoms with Crippen LogP contribution in [0.4, 0.5) is 4.39 Å². The van der Waals surface area contributed by atoms with Crippen LogP contribution in [0.2, 0.25) is 0 Å². The summed E-state index contributed by atoms with van der Waals surface area (Å²) in [5, 5.41) is 8.77. The standard InChI is InChI=1S/C14H17BrFNO2/c15-12-1-2-13(16)11(8-12)9-17-5-3-10(4-6-17)7-14(18)19/h1-2,8,10H,3-7,9H2,(H,18,19). The average Bonchev–Trinajstić information content (AvgIpc) is 2.35. The molecule has 1 heterocycles. The molecule has 0 unspecified atom stereocenters. The van der Waals surface area contributed by atoms with Crippen molar-refractivity contribution in [3.05, 3.63) is 34.1 Å². The van der Waals surface area contributed by atoms with Crippen molar-refractivity contribution >= 4 is 21.9 Å². The van der Waals surface area contributed by atoms with E-state index in [1.165, 1.54) is 6.07 Å². The lowest BCUT2D eigenvalue weighted by molar-refractivity contribution is -0.138. The lowest BCUT2D eigenvalue weighted by Gasteiger charge is -2.31. The molecule has 0 amide bonds. The fourth-order valence-corrected chi connectivity index (χ4v) is 2.91. The molecule has 5 heteroatoms. The van der Waals surface area contributed by atoms with Gasteiger partial charge in [-0.2, -0.15) is 0 Å². The Labute approximate surface area is 120 Å². The molecule has 1 aliphatic rings. The van der Waals surface area contributed by atoms with Crippen LogP contribution in [-0.2, 0) is 11.3 Å². The minimum Gasteiger partial charge on any atom is -0.481 e. The molecule has 1 saturated heterocycles. The number of nitrogens with zero attached hydrogens (tertiary/aromatic N) is 1. The van der Waals surface area contributed by atoms with E-state index in [4.69, 9.17) is 5.11 Å². The van der Waals surface area contributed by atoms with Gasteiger partial charge in [-0.3, -0.25) is 9.69 Å². The topological polar surface area (TPSA) is 40.5 Å². The van der Waals surface area contributed by atoms with Crippen LogP contribution < -0.4 is 0 Å². The van der Waals surface area contributed by atoms with Gasteiger partial charge in [-0.05, 0) is 50.0 Å². The number of rotatable bonds is 4. The van der Waals surface area contributed by atoms with Crippen LogP contribution in [0.5, 0.6) is 0 Å². The van der Waals surface area contributed by atoms with Gasteiger partial charge in [-0.15, -0.1) is 0 Å². The first-order valence-electron chi connectivity index (χ1n) is 6.42. The first-order valence-corrected chi connectivity index (χ1v) is 7.22. The van der Waals surface area contributed by atoms with Crippen molar-refractivity contribution < 1.29 is 14.3 Å². The Hall–Kier alpha value is -0.940. The first kappa shape index (κ1) is 14.5. The SMILES string of the molecule is O=C(O)CC1CCN(Cc2cc(Br)ccc2F)CC1. The monoisotopic (exact) mass is 329 g/mol. The maximum absolute atomic E-state index is 13.6. The molecule has 104 valence electrons. The number of carboxylic acid groups (broad SMARTS) is 1. The summed E-state index contributed by atoms with van der Waals surface area (Å²) < 4.78 is 14.5. The second-order valence-corrected chi connectivity index (χ2v) is 5.97. The number of carbonyl (C=O) groups is 1. The Morgan fingerprint density at radius 1 is 1.42 bits per heavy atom. The highest BCUT2D eigenvalue weighted by Crippen LogP contribution is 2.23. The molecule has 1 fully saturated rings. The van der Waals surface area contributed by atoms with E-state index in [2.05, 4.69) is 20.8 Å². The van der Waals surface area contributed by atoms with Crippen LogP contribution >= 0.6 is 15.9 Å². The number of piperidine rings is 1. The third-order valence-corrected chi connectivity index (χ3v) is 4.07. The molecule has 0 spiro atoms. The molecular weight excluding hydrogens is 313 g/mol. The van der Waals surface area contributed by atoms with E-state index >= 15 is 0 Å². The maximum Gasteiger partial charge on any atom is 0.303 e. The molecular formula is C14H17BrFNO2. The normalized spacial score (nSPS) is 17.6. The van der Waals surface area contributed by atoms with Crippen LogP contribution in [0.1, 0.15) is 24.8 Å². The van der Waals surface area contributed by atoms with Crippen molar-refractivity contribution in [1.29, 1.82) is 0 Å². The lowest BCUT2D eigenvalue weighted by Crippen LogP contribution is -2.34. The highest BCUT2D eigenvalue weighted by atomic mass is 79.9. The lowest BCUT2D eigenvalue weighted by atomic mass is 9.93. The van der Waals surface area contributed by atoms with Crippen molar-refractivity contribution in [1.82, 2.24) is 4.90 Å². The second-order valence-electron chi connectivity index (χ2n) is 5.05. The van der Waals surface area contributed by atoms with Crippen molar-refractivity contribution in [2.75, 3.05) is 13.1 Å². The van der Waals surface area contributed by atoms with Crippen LogP contribution in [0.15, 0.2) is 22.7 Å². The van der Waals surface area contributed by atoms with Gasteiger partial charge in [-0.1, -0.05) is 15.9 Å². The highest BCUT2D eigenvalue weighted by Gasteiger charge is 2.21. The molecule has 2 rings (SSSR count). The number of hydrogen-bond acceptors (Lipinski definition) is 2. The summed E-state index contributed by atoms with van der Waals surface area (Å²) >= 11 is 3.35. The van der Waals surface area contributed by atoms with E-state index in [-0.39, 0.29) is 18.2 Å². The van der Waals surface area contributed by atoms with Gasteiger partial charge in [0.05, 0.1) is 0 Å². The van der Waals surface area contributed by atoms with Gasteiger partial charge in [0.1, 0.15) is 5.82 Å². The van der Waals surface area contributed by atoms with Gasteiger partial charge in [-0.25, -0.2) is 4.39 Å². The van der Waals surface area contributed by atoms with Crippen molar-refractivity contribution in [2.24, 2.45) is 5.92 Å². The molecule has 0 aliphatic carbocycles. The molecule has 1 N–H and O–H groups in total. The fraction of sp³-hybridized carbons (Fsp3) is 0.500. The summed E-state index contributed by atoms with van der Waals surface area (Å²) in [6.45, 7) is 2.26. The largest absolute Gasteiger partial charge is 0.481 e. The fourth-order valence-electron chi connectivity index (χ4n) is 2.50. The number of aliphatic carboxylic acids is 1. The van der Waals surface area contributed by atoms with Gasteiger partial charge in [0.2, 0.25) is 0 Å². The average molecular weight is 330 g/mol. The van der Waals surface area contributed by atoms with Crippen molar-refractivity contribution in [3.63, 3.8) is 0 Å². The molecule has 0 atom stereocenters. The van der Waals surface area contributed by atoms with Crippen LogP contribution in [0, 0.1) is 11.7 Å². The van der Waals surface area contributed by atoms with Crippen LogP contribution in [-0.4, -0.2) is 29.1 Å². The quantitative estimate of drug-likeness (QED) is 0.921. The first-order chi connectivity index (χ1) is 9.04. The zero-order valence-corrected chi connectivity index (χ0v) is 12.2. The Bertz CT molecular complexity index is 459. The Balaban J connectivity index is 1.88. The number of likely N-dealkylation sites (tertiary alicyclic amines) is 1. The molecule has 0 bridgehead atoms. The molecule has 3 nitrogen and oxygen atoms in total. The van der Waals surface area contributed by atoms with Gasteiger partial charge in [0, 0.05) is 23.0 Å². The van der Waals surface area contributed by atoms with Crippen LogP contribution in [0.3, 0.4) is 0 Å². The Morgan fingerprint density at radius 3 is 2.74 bits per heavy atom. The van der Waals surface area contributed by atoms with E-state index < -0.39 is 5.97 Å². The van der Waals surface area contributed by atoms with E-state index in [0.717, 1.165) is 30.4 Å². The summed E-state index contributed by atoms with van der Waals surface area (Å²) in [5.74, 6) is -0.645. The predicted octanol–water partition coefficient (Wildman–Crippen LogP) is 3.27. The second kappa shape index (κ2) is 6.48. The Morgan fingerprint density at radius 2 is 2.11 bits per heavy atom. The number of halogens is 2. The smallest absolute Gasteiger partial charge is 0.303 e. The van der Waals surface area contributed by atoms with Crippen molar-refractivity contribution in [3.8, 4) is 0 Å². The summed E-state index contributed by atoms with van der Waals surface area (Å²) in [4.78, 5) is 12.8. The number of hydrogen-bond donors (Lipinski definition) is 1.